The molecule has 432 valence electrons. The van der Waals surface area contributed by atoms with Gasteiger partial charge in [-0.2, -0.15) is 0 Å². The van der Waals surface area contributed by atoms with Crippen LogP contribution in [0.2, 0.25) is 0 Å². The molecule has 0 saturated heterocycles. The minimum Gasteiger partial charge on any atom is -0.507 e. The quantitative estimate of drug-likeness (QED) is 0.129. The normalized spacial score (nSPS) is 14.4. The molecule has 1 aliphatic rings. The summed E-state index contributed by atoms with van der Waals surface area (Å²) < 4.78 is 100. The molecule has 0 aliphatic heterocycles. The van der Waals surface area contributed by atoms with Gasteiger partial charge in [-0.05, 0) is 133 Å². The Morgan fingerprint density at radius 3 is 0.500 bits per heavy atom. The average Bonchev–Trinajstić information content (AvgIpc) is 3.27. The van der Waals surface area contributed by atoms with Gasteiger partial charge in [0.25, 0.3) is 0 Å². The molecule has 0 unspecified atom stereocenters. The lowest BCUT2D eigenvalue weighted by Gasteiger charge is -2.28. The van der Waals surface area contributed by atoms with Crippen molar-refractivity contribution in [3.8, 4) is 34.5 Å². The second-order valence-electron chi connectivity index (χ2n) is 28.5. The first kappa shape index (κ1) is 61.3. The molecule has 0 atom stereocenters. The van der Waals surface area contributed by atoms with E-state index in [-0.39, 0.29) is 83.8 Å². The molecule has 0 saturated carbocycles. The number of fused-ring (bicyclic) bond motifs is 12. The smallest absolute Gasteiger partial charge is 0.507 e. The van der Waals surface area contributed by atoms with Crippen LogP contribution in [0.5, 0.6) is 34.5 Å². The zero-order valence-corrected chi connectivity index (χ0v) is 50.0. The third-order valence-electron chi connectivity index (χ3n) is 15.5. The molecule has 6 nitrogen and oxygen atoms in total. The fraction of sp³-hybridized carbons (Fsp3) is 0.471. The van der Waals surface area contributed by atoms with Crippen molar-refractivity contribution in [2.24, 2.45) is 0 Å². The Hall–Kier alpha value is -6.30. The van der Waals surface area contributed by atoms with Crippen molar-refractivity contribution < 1.29 is 56.2 Å². The number of phenols is 4. The van der Waals surface area contributed by atoms with E-state index < -0.39 is 56.7 Å². The summed E-state index contributed by atoms with van der Waals surface area (Å²) in [5.41, 5.74) is 4.23. The SMILES string of the molecule is CC(C)(C)c1cc2c(O)c(c1)Cc1cc(C(C)(C)C)cc(c1OC(F)(F)F)Cc1cc(C(C)(C)C)cc(c1O)Cc1cc(C(C)(C)C)cc(c1O)Cc1cc(C(C)(C)C)cc(c1OC(F)(F)F)Cc1cc(C(C)(C)C)cc(c1O)C2. The van der Waals surface area contributed by atoms with Gasteiger partial charge in [0.15, 0.2) is 0 Å². The first-order chi connectivity index (χ1) is 36.3. The zero-order valence-electron chi connectivity index (χ0n) is 50.0. The number of halogens is 6. The number of ether oxygens (including phenoxy) is 2. The summed E-state index contributed by atoms with van der Waals surface area (Å²) in [6, 6.07) is 21.1. The largest absolute Gasteiger partial charge is 0.573 e. The summed E-state index contributed by atoms with van der Waals surface area (Å²) in [7, 11) is 0. The van der Waals surface area contributed by atoms with Gasteiger partial charge >= 0.3 is 12.7 Å². The van der Waals surface area contributed by atoms with Crippen molar-refractivity contribution in [1.82, 2.24) is 0 Å². The maximum atomic E-state index is 15.0. The highest BCUT2D eigenvalue weighted by atomic mass is 19.4. The summed E-state index contributed by atoms with van der Waals surface area (Å²) in [6.45, 7) is 35.5. The molecule has 0 aromatic heterocycles. The standard InChI is InChI=1S/C68H82F6O6/c1-61(2,3)49-25-37-19-38-26-50(62(4,5)6)30-42(56(38)76)22-47-35-54(66(16,17)18)36-48(60(47)80-68(72,73)74)24-44-32-52(64(10,11)12)28-40(58(44)78)20-39-27-51(63(7,8)9)31-43(57(39)77)23-46-34-53(65(13,14)15)33-45(21-41(29-49)55(37)75)59(46)79-67(69,70)71/h25-36,75-78H,19-24H2,1-18H3. The molecule has 4 N–H and O–H groups in total. The second kappa shape index (κ2) is 20.9. The molecule has 1 aliphatic carbocycles. The highest BCUT2D eigenvalue weighted by Gasteiger charge is 2.37. The van der Waals surface area contributed by atoms with Crippen molar-refractivity contribution in [3.63, 3.8) is 0 Å². The Bertz CT molecular complexity index is 2930. The fourth-order valence-corrected chi connectivity index (χ4v) is 10.5. The number of alkyl halides is 6. The highest BCUT2D eigenvalue weighted by molar-refractivity contribution is 5.61. The van der Waals surface area contributed by atoms with Crippen molar-refractivity contribution >= 4 is 0 Å². The van der Waals surface area contributed by atoms with E-state index in [2.05, 4.69) is 0 Å². The molecule has 0 heterocycles. The van der Waals surface area contributed by atoms with E-state index in [1.165, 1.54) is 0 Å². The molecular weight excluding hydrogens is 1030 g/mol. The lowest BCUT2D eigenvalue weighted by atomic mass is 9.79. The van der Waals surface area contributed by atoms with Crippen LogP contribution < -0.4 is 9.47 Å². The van der Waals surface area contributed by atoms with Crippen LogP contribution in [0.4, 0.5) is 26.3 Å². The van der Waals surface area contributed by atoms with E-state index in [0.717, 1.165) is 22.3 Å². The average molecular weight is 1110 g/mol. The molecule has 0 radical (unpaired) electrons. The van der Waals surface area contributed by atoms with Crippen LogP contribution in [0, 0.1) is 0 Å². The van der Waals surface area contributed by atoms with Gasteiger partial charge in [-0.15, -0.1) is 26.3 Å². The van der Waals surface area contributed by atoms with Crippen LogP contribution in [0.25, 0.3) is 0 Å². The van der Waals surface area contributed by atoms with Crippen LogP contribution in [-0.2, 0) is 71.0 Å². The first-order valence-corrected chi connectivity index (χ1v) is 27.5. The summed E-state index contributed by atoms with van der Waals surface area (Å²) in [4.78, 5) is 0. The third kappa shape index (κ3) is 14.1. The van der Waals surface area contributed by atoms with E-state index in [1.54, 1.807) is 48.5 Å². The van der Waals surface area contributed by atoms with E-state index in [1.807, 2.05) is 149 Å². The van der Waals surface area contributed by atoms with Crippen molar-refractivity contribution in [2.45, 2.75) is 208 Å². The first-order valence-electron chi connectivity index (χ1n) is 27.5. The number of phenolic OH excluding ortho intramolecular Hbond substituents is 4. The zero-order chi connectivity index (χ0) is 60.0. The summed E-state index contributed by atoms with van der Waals surface area (Å²) in [5.74, 6) is -1.76. The van der Waals surface area contributed by atoms with Crippen molar-refractivity contribution in [1.29, 1.82) is 0 Å². The topological polar surface area (TPSA) is 99.4 Å². The maximum Gasteiger partial charge on any atom is 0.573 e. The maximum absolute atomic E-state index is 15.0. The molecule has 0 spiro atoms. The van der Waals surface area contributed by atoms with Gasteiger partial charge in [0.1, 0.15) is 34.5 Å². The minimum atomic E-state index is -5.15. The summed E-state index contributed by atoms with van der Waals surface area (Å²) >= 11 is 0. The summed E-state index contributed by atoms with van der Waals surface area (Å²) in [5, 5.41) is 50.2. The van der Waals surface area contributed by atoms with Crippen LogP contribution in [0.3, 0.4) is 0 Å². The van der Waals surface area contributed by atoms with Crippen molar-refractivity contribution in [3.05, 3.63) is 173 Å². The number of aromatic hydroxyl groups is 4. The summed E-state index contributed by atoms with van der Waals surface area (Å²) in [6.07, 6.45) is -11.3. The third-order valence-corrected chi connectivity index (χ3v) is 15.5. The van der Waals surface area contributed by atoms with Gasteiger partial charge in [-0.3, -0.25) is 0 Å². The number of rotatable bonds is 2. The molecule has 80 heavy (non-hydrogen) atoms. The van der Waals surface area contributed by atoms with E-state index in [0.29, 0.717) is 55.6 Å². The van der Waals surface area contributed by atoms with Crippen LogP contribution in [0.1, 0.15) is 225 Å². The van der Waals surface area contributed by atoms with Gasteiger partial charge < -0.3 is 29.9 Å². The van der Waals surface area contributed by atoms with E-state index >= 15 is 0 Å². The molecular formula is C68H82F6O6. The number of hydrogen-bond acceptors (Lipinski definition) is 6. The predicted molar refractivity (Wildman–Crippen MR) is 308 cm³/mol. The molecule has 7 rings (SSSR count). The molecule has 12 bridgehead atoms. The number of hydrogen-bond donors (Lipinski definition) is 4. The molecule has 6 aromatic rings. The number of benzene rings is 6. The molecule has 0 fully saturated rings. The Kier molecular flexibility index (Phi) is 16.0. The Morgan fingerprint density at radius 2 is 0.375 bits per heavy atom. The van der Waals surface area contributed by atoms with Crippen LogP contribution in [0.15, 0.2) is 72.8 Å². The van der Waals surface area contributed by atoms with Gasteiger partial charge in [-0.25, -0.2) is 0 Å². The monoisotopic (exact) mass is 1110 g/mol. The van der Waals surface area contributed by atoms with E-state index in [4.69, 9.17) is 9.47 Å². The van der Waals surface area contributed by atoms with E-state index in [9.17, 15) is 46.8 Å². The van der Waals surface area contributed by atoms with Gasteiger partial charge in [-0.1, -0.05) is 197 Å². The van der Waals surface area contributed by atoms with Crippen LogP contribution in [-0.4, -0.2) is 33.2 Å². The Labute approximate surface area is 470 Å². The second-order valence-corrected chi connectivity index (χ2v) is 28.5. The lowest BCUT2D eigenvalue weighted by Crippen LogP contribution is -2.21. The lowest BCUT2D eigenvalue weighted by molar-refractivity contribution is -0.276. The molecule has 12 heteroatoms. The predicted octanol–water partition coefficient (Wildman–Crippen LogP) is 17.9. The molecule has 6 aromatic carbocycles. The van der Waals surface area contributed by atoms with Gasteiger partial charge in [0, 0.05) is 38.5 Å². The van der Waals surface area contributed by atoms with Crippen LogP contribution >= 0.6 is 0 Å². The molecule has 0 amide bonds. The minimum absolute atomic E-state index is 0.0681. The Morgan fingerprint density at radius 1 is 0.250 bits per heavy atom. The van der Waals surface area contributed by atoms with Gasteiger partial charge in [0.05, 0.1) is 0 Å². The Balaban J connectivity index is 1.66. The van der Waals surface area contributed by atoms with Gasteiger partial charge in [0.2, 0.25) is 0 Å². The fourth-order valence-electron chi connectivity index (χ4n) is 10.5. The highest BCUT2D eigenvalue weighted by Crippen LogP contribution is 2.47. The van der Waals surface area contributed by atoms with Crippen molar-refractivity contribution in [2.75, 3.05) is 0 Å².